The average Bonchev–Trinajstić information content (AvgIpc) is 2.66. The van der Waals surface area contributed by atoms with E-state index in [-0.39, 0.29) is 23.8 Å². The average molecular weight is 358 g/mol. The van der Waals surface area contributed by atoms with Gasteiger partial charge in [-0.1, -0.05) is 30.3 Å². The minimum absolute atomic E-state index is 0.00294. The van der Waals surface area contributed by atoms with Crippen molar-refractivity contribution in [2.24, 2.45) is 5.92 Å². The molecule has 1 saturated heterocycles. The van der Waals surface area contributed by atoms with E-state index >= 15 is 0 Å². The van der Waals surface area contributed by atoms with Crippen molar-refractivity contribution in [2.45, 2.75) is 39.2 Å². The van der Waals surface area contributed by atoms with E-state index in [0.29, 0.717) is 26.2 Å². The van der Waals surface area contributed by atoms with Crippen LogP contribution < -0.4 is 5.32 Å². The van der Waals surface area contributed by atoms with Gasteiger partial charge in [0.1, 0.15) is 0 Å². The molecule has 5 heteroatoms. The normalized spacial score (nSPS) is 15.6. The van der Waals surface area contributed by atoms with Crippen LogP contribution in [0.3, 0.4) is 0 Å². The Bertz CT molecular complexity index is 591. The number of hydrogen-bond acceptors (Lipinski definition) is 3. The Hall–Kier alpha value is -2.14. The summed E-state index contributed by atoms with van der Waals surface area (Å²) in [5.41, 5.74) is 1.01. The molecule has 142 valence electrons. The second-order valence-corrected chi connectivity index (χ2v) is 6.91. The molecule has 5 nitrogen and oxygen atoms in total. The summed E-state index contributed by atoms with van der Waals surface area (Å²) >= 11 is 0. The summed E-state index contributed by atoms with van der Waals surface area (Å²) in [4.78, 5) is 26.3. The van der Waals surface area contributed by atoms with Gasteiger partial charge in [0.2, 0.25) is 11.8 Å². The SMILES string of the molecule is CC(C)OCCCNC(=O)C1CCN(C(=O)/C=C/c2ccccc2)CC1. The summed E-state index contributed by atoms with van der Waals surface area (Å²) in [6.07, 6.45) is 5.94. The molecule has 0 bridgehead atoms. The lowest BCUT2D eigenvalue weighted by Crippen LogP contribution is -2.42. The fraction of sp³-hybridized carbons (Fsp3) is 0.524. The van der Waals surface area contributed by atoms with Crippen LogP contribution in [-0.4, -0.2) is 49.1 Å². The van der Waals surface area contributed by atoms with Gasteiger partial charge in [-0.25, -0.2) is 0 Å². The van der Waals surface area contributed by atoms with Crippen LogP contribution in [0, 0.1) is 5.92 Å². The highest BCUT2D eigenvalue weighted by molar-refractivity contribution is 5.92. The molecule has 0 atom stereocenters. The number of nitrogens with zero attached hydrogens (tertiary/aromatic N) is 1. The lowest BCUT2D eigenvalue weighted by Gasteiger charge is -2.30. The van der Waals surface area contributed by atoms with E-state index in [9.17, 15) is 9.59 Å². The van der Waals surface area contributed by atoms with Crippen molar-refractivity contribution < 1.29 is 14.3 Å². The highest BCUT2D eigenvalue weighted by Crippen LogP contribution is 2.18. The molecule has 1 N–H and O–H groups in total. The second-order valence-electron chi connectivity index (χ2n) is 6.91. The fourth-order valence-electron chi connectivity index (χ4n) is 2.95. The number of piperidine rings is 1. The smallest absolute Gasteiger partial charge is 0.246 e. The van der Waals surface area contributed by atoms with E-state index in [0.717, 1.165) is 24.8 Å². The second kappa shape index (κ2) is 10.8. The maximum Gasteiger partial charge on any atom is 0.246 e. The summed E-state index contributed by atoms with van der Waals surface area (Å²) in [6.45, 7) is 6.58. The third-order valence-electron chi connectivity index (χ3n) is 4.47. The van der Waals surface area contributed by atoms with Gasteiger partial charge < -0.3 is 15.0 Å². The number of ether oxygens (including phenoxy) is 1. The van der Waals surface area contributed by atoms with Crippen molar-refractivity contribution >= 4 is 17.9 Å². The quantitative estimate of drug-likeness (QED) is 0.574. The highest BCUT2D eigenvalue weighted by Gasteiger charge is 2.26. The molecule has 1 aliphatic heterocycles. The largest absolute Gasteiger partial charge is 0.379 e. The van der Waals surface area contributed by atoms with Gasteiger partial charge in [-0.05, 0) is 44.7 Å². The Morgan fingerprint density at radius 1 is 1.23 bits per heavy atom. The van der Waals surface area contributed by atoms with Crippen LogP contribution in [-0.2, 0) is 14.3 Å². The minimum atomic E-state index is 0.00294. The van der Waals surface area contributed by atoms with Gasteiger partial charge in [-0.3, -0.25) is 9.59 Å². The maximum absolute atomic E-state index is 12.3. The van der Waals surface area contributed by atoms with E-state index in [1.165, 1.54) is 0 Å². The van der Waals surface area contributed by atoms with Crippen LogP contribution in [0.2, 0.25) is 0 Å². The molecule has 2 rings (SSSR count). The molecule has 1 aliphatic rings. The van der Waals surface area contributed by atoms with Gasteiger partial charge >= 0.3 is 0 Å². The van der Waals surface area contributed by atoms with Crippen molar-refractivity contribution in [2.75, 3.05) is 26.2 Å². The summed E-state index contributed by atoms with van der Waals surface area (Å²) < 4.78 is 5.46. The molecule has 0 saturated carbocycles. The third-order valence-corrected chi connectivity index (χ3v) is 4.47. The lowest BCUT2D eigenvalue weighted by molar-refractivity contribution is -0.132. The molecule has 26 heavy (non-hydrogen) atoms. The van der Waals surface area contributed by atoms with Gasteiger partial charge in [0.15, 0.2) is 0 Å². The van der Waals surface area contributed by atoms with Crippen molar-refractivity contribution in [3.63, 3.8) is 0 Å². The zero-order valence-electron chi connectivity index (χ0n) is 15.8. The zero-order valence-corrected chi connectivity index (χ0v) is 15.8. The predicted molar refractivity (Wildman–Crippen MR) is 103 cm³/mol. The molecule has 2 amide bonds. The first-order valence-corrected chi connectivity index (χ1v) is 9.47. The Kier molecular flexibility index (Phi) is 8.35. The predicted octanol–water partition coefficient (Wildman–Crippen LogP) is 2.87. The number of amides is 2. The van der Waals surface area contributed by atoms with E-state index < -0.39 is 0 Å². The summed E-state index contributed by atoms with van der Waals surface area (Å²) in [5, 5.41) is 2.98. The molecule has 0 unspecified atom stereocenters. The number of carbonyl (C=O) groups is 2. The Morgan fingerprint density at radius 3 is 2.58 bits per heavy atom. The van der Waals surface area contributed by atoms with Crippen molar-refractivity contribution in [1.82, 2.24) is 10.2 Å². The number of carbonyl (C=O) groups excluding carboxylic acids is 2. The number of nitrogens with one attached hydrogen (secondary N) is 1. The van der Waals surface area contributed by atoms with Crippen LogP contribution in [0.25, 0.3) is 6.08 Å². The van der Waals surface area contributed by atoms with Crippen LogP contribution in [0.15, 0.2) is 36.4 Å². The fourth-order valence-corrected chi connectivity index (χ4v) is 2.95. The van der Waals surface area contributed by atoms with E-state index in [1.807, 2.05) is 55.2 Å². The molecule has 1 heterocycles. The molecule has 0 spiro atoms. The summed E-state index contributed by atoms with van der Waals surface area (Å²) in [6, 6.07) is 9.78. The van der Waals surface area contributed by atoms with Crippen LogP contribution in [0.1, 0.15) is 38.7 Å². The molecule has 1 aromatic rings. The van der Waals surface area contributed by atoms with Gasteiger partial charge in [0, 0.05) is 38.2 Å². The molecular weight excluding hydrogens is 328 g/mol. The monoisotopic (exact) mass is 358 g/mol. The van der Waals surface area contributed by atoms with Crippen LogP contribution in [0.5, 0.6) is 0 Å². The Morgan fingerprint density at radius 2 is 1.92 bits per heavy atom. The Balaban J connectivity index is 1.67. The molecule has 0 aromatic heterocycles. The summed E-state index contributed by atoms with van der Waals surface area (Å²) in [7, 11) is 0. The first-order valence-electron chi connectivity index (χ1n) is 9.47. The third kappa shape index (κ3) is 7.00. The van der Waals surface area contributed by atoms with E-state index in [4.69, 9.17) is 4.74 Å². The minimum Gasteiger partial charge on any atom is -0.379 e. The van der Waals surface area contributed by atoms with Crippen molar-refractivity contribution in [3.05, 3.63) is 42.0 Å². The first kappa shape index (κ1) is 20.2. The van der Waals surface area contributed by atoms with Crippen molar-refractivity contribution in [3.8, 4) is 0 Å². The number of rotatable bonds is 8. The van der Waals surface area contributed by atoms with Crippen LogP contribution >= 0.6 is 0 Å². The molecule has 1 aromatic carbocycles. The maximum atomic E-state index is 12.3. The summed E-state index contributed by atoms with van der Waals surface area (Å²) in [5.74, 6) is 0.114. The molecule has 0 radical (unpaired) electrons. The van der Waals surface area contributed by atoms with E-state index in [1.54, 1.807) is 6.08 Å². The first-order chi connectivity index (χ1) is 12.6. The van der Waals surface area contributed by atoms with Crippen LogP contribution in [0.4, 0.5) is 0 Å². The number of benzene rings is 1. The van der Waals surface area contributed by atoms with Gasteiger partial charge in [0.25, 0.3) is 0 Å². The number of hydrogen-bond donors (Lipinski definition) is 1. The topological polar surface area (TPSA) is 58.6 Å². The highest BCUT2D eigenvalue weighted by atomic mass is 16.5. The Labute approximate surface area is 156 Å². The standard InChI is InChI=1S/C21H30N2O3/c1-17(2)26-16-6-13-22-21(25)19-11-14-23(15-12-19)20(24)10-9-18-7-4-3-5-8-18/h3-5,7-10,17,19H,6,11-16H2,1-2H3,(H,22,25)/b10-9+. The molecule has 0 aliphatic carbocycles. The molecular formula is C21H30N2O3. The lowest BCUT2D eigenvalue weighted by atomic mass is 9.96. The van der Waals surface area contributed by atoms with E-state index in [2.05, 4.69) is 5.32 Å². The molecule has 1 fully saturated rings. The van der Waals surface area contributed by atoms with Gasteiger partial charge in [-0.15, -0.1) is 0 Å². The van der Waals surface area contributed by atoms with Gasteiger partial charge in [-0.2, -0.15) is 0 Å². The van der Waals surface area contributed by atoms with Gasteiger partial charge in [0.05, 0.1) is 6.10 Å². The van der Waals surface area contributed by atoms with Crippen molar-refractivity contribution in [1.29, 1.82) is 0 Å². The zero-order chi connectivity index (χ0) is 18.8. The number of likely N-dealkylation sites (tertiary alicyclic amines) is 1.